The Bertz CT molecular complexity index is 690. The molecule has 6 nitrogen and oxygen atoms in total. The minimum Gasteiger partial charge on any atom is -0.496 e. The summed E-state index contributed by atoms with van der Waals surface area (Å²) in [4.78, 5) is 14.4. The molecule has 1 amide bonds. The normalized spacial score (nSPS) is 15.5. The number of rotatable bonds is 5. The van der Waals surface area contributed by atoms with Crippen molar-refractivity contribution in [2.45, 2.75) is 38.5 Å². The van der Waals surface area contributed by atoms with E-state index in [1.165, 1.54) is 0 Å². The molecule has 0 atom stereocenters. The van der Waals surface area contributed by atoms with Gasteiger partial charge in [0.05, 0.1) is 7.11 Å². The summed E-state index contributed by atoms with van der Waals surface area (Å²) >= 11 is 0. The van der Waals surface area contributed by atoms with Gasteiger partial charge in [-0.2, -0.15) is 0 Å². The maximum Gasteiger partial charge on any atom is 0.222 e. The lowest BCUT2D eigenvalue weighted by Gasteiger charge is -2.30. The second-order valence-corrected chi connectivity index (χ2v) is 6.13. The van der Waals surface area contributed by atoms with Gasteiger partial charge in [0, 0.05) is 32.4 Å². The number of carbonyl (C=O) groups excluding carboxylic acids is 1. The third-order valence-electron chi connectivity index (χ3n) is 4.54. The summed E-state index contributed by atoms with van der Waals surface area (Å²) in [6.07, 6.45) is 2.96. The number of carbonyl (C=O) groups is 1. The highest BCUT2D eigenvalue weighted by Crippen LogP contribution is 2.27. The first kappa shape index (κ1) is 16.5. The van der Waals surface area contributed by atoms with E-state index in [4.69, 9.17) is 9.15 Å². The number of likely N-dealkylation sites (tertiary alicyclic amines) is 1. The van der Waals surface area contributed by atoms with Gasteiger partial charge in [-0.25, -0.2) is 0 Å². The minimum atomic E-state index is 0.195. The van der Waals surface area contributed by atoms with Gasteiger partial charge < -0.3 is 14.1 Å². The number of hydrogen-bond donors (Lipinski definition) is 0. The van der Waals surface area contributed by atoms with Crippen LogP contribution in [0.15, 0.2) is 28.7 Å². The van der Waals surface area contributed by atoms with E-state index in [1.54, 1.807) is 14.0 Å². The molecule has 128 valence electrons. The third kappa shape index (κ3) is 3.75. The van der Waals surface area contributed by atoms with Crippen molar-refractivity contribution in [3.8, 4) is 5.75 Å². The van der Waals surface area contributed by atoms with Crippen LogP contribution in [0.2, 0.25) is 0 Å². The lowest BCUT2D eigenvalue weighted by molar-refractivity contribution is -0.132. The zero-order valence-corrected chi connectivity index (χ0v) is 14.2. The van der Waals surface area contributed by atoms with Gasteiger partial charge in [-0.1, -0.05) is 18.2 Å². The molecule has 0 spiro atoms. The number of piperidine rings is 1. The Morgan fingerprint density at radius 1 is 1.29 bits per heavy atom. The van der Waals surface area contributed by atoms with E-state index in [0.29, 0.717) is 24.6 Å². The van der Waals surface area contributed by atoms with Crippen LogP contribution in [-0.4, -0.2) is 41.2 Å². The Morgan fingerprint density at radius 3 is 2.71 bits per heavy atom. The number of amides is 1. The Kier molecular flexibility index (Phi) is 5.13. The second-order valence-electron chi connectivity index (χ2n) is 6.13. The molecule has 1 fully saturated rings. The molecule has 1 aliphatic heterocycles. The molecule has 3 rings (SSSR count). The number of nitrogens with zero attached hydrogens (tertiary/aromatic N) is 3. The summed E-state index contributed by atoms with van der Waals surface area (Å²) in [6, 6.07) is 7.85. The Morgan fingerprint density at radius 2 is 2.04 bits per heavy atom. The summed E-state index contributed by atoms with van der Waals surface area (Å²) in [7, 11) is 1.66. The van der Waals surface area contributed by atoms with Gasteiger partial charge in [-0.3, -0.25) is 4.79 Å². The number of aromatic nitrogens is 2. The van der Waals surface area contributed by atoms with Gasteiger partial charge in [-0.05, 0) is 30.9 Å². The van der Waals surface area contributed by atoms with Crippen LogP contribution in [0.5, 0.6) is 5.75 Å². The van der Waals surface area contributed by atoms with Gasteiger partial charge in [0.15, 0.2) is 0 Å². The molecule has 0 bridgehead atoms. The van der Waals surface area contributed by atoms with Crippen LogP contribution in [0.4, 0.5) is 0 Å². The van der Waals surface area contributed by atoms with E-state index < -0.39 is 0 Å². The van der Waals surface area contributed by atoms with Crippen LogP contribution in [0.3, 0.4) is 0 Å². The largest absolute Gasteiger partial charge is 0.496 e. The average molecular weight is 329 g/mol. The first-order valence-electron chi connectivity index (χ1n) is 8.37. The van der Waals surface area contributed by atoms with Crippen molar-refractivity contribution in [3.63, 3.8) is 0 Å². The van der Waals surface area contributed by atoms with Crippen LogP contribution < -0.4 is 4.74 Å². The molecule has 2 aromatic rings. The summed E-state index contributed by atoms with van der Waals surface area (Å²) in [6.45, 7) is 3.29. The lowest BCUT2D eigenvalue weighted by Crippen LogP contribution is -2.38. The fourth-order valence-corrected chi connectivity index (χ4v) is 3.16. The molecule has 0 saturated carbocycles. The average Bonchev–Trinajstić information content (AvgIpc) is 3.06. The number of methoxy groups -OCH3 is 1. The molecule has 0 unspecified atom stereocenters. The van der Waals surface area contributed by atoms with E-state index in [2.05, 4.69) is 10.2 Å². The Hall–Kier alpha value is -2.37. The predicted molar refractivity (Wildman–Crippen MR) is 88.9 cm³/mol. The van der Waals surface area contributed by atoms with Crippen LogP contribution >= 0.6 is 0 Å². The van der Waals surface area contributed by atoms with Crippen molar-refractivity contribution in [1.82, 2.24) is 15.1 Å². The van der Waals surface area contributed by atoms with Crippen LogP contribution in [-0.2, 0) is 11.2 Å². The number of hydrogen-bond acceptors (Lipinski definition) is 5. The molecule has 2 heterocycles. The summed E-state index contributed by atoms with van der Waals surface area (Å²) in [5.41, 5.74) is 1.07. The first-order valence-corrected chi connectivity index (χ1v) is 8.37. The van der Waals surface area contributed by atoms with Gasteiger partial charge in [0.2, 0.25) is 17.7 Å². The maximum atomic E-state index is 12.5. The van der Waals surface area contributed by atoms with Crippen molar-refractivity contribution >= 4 is 5.91 Å². The monoisotopic (exact) mass is 329 g/mol. The Labute approximate surface area is 141 Å². The van der Waals surface area contributed by atoms with Crippen molar-refractivity contribution in [2.75, 3.05) is 20.2 Å². The standard InChI is InChI=1S/C18H23N3O3/c1-13-19-20-18(24-13)15-9-11-21(12-10-15)17(22)8-7-14-5-3-4-6-16(14)23-2/h3-6,15H,7-12H2,1-2H3. The molecule has 0 aliphatic carbocycles. The van der Waals surface area contributed by atoms with Crippen molar-refractivity contribution in [2.24, 2.45) is 0 Å². The predicted octanol–water partition coefficient (Wildman–Crippen LogP) is 2.73. The zero-order chi connectivity index (χ0) is 16.9. The summed E-state index contributed by atoms with van der Waals surface area (Å²) in [5, 5.41) is 7.99. The number of aryl methyl sites for hydroxylation is 2. The third-order valence-corrected chi connectivity index (χ3v) is 4.54. The van der Waals surface area contributed by atoms with Gasteiger partial charge >= 0.3 is 0 Å². The van der Waals surface area contributed by atoms with E-state index in [9.17, 15) is 4.79 Å². The molecule has 1 saturated heterocycles. The smallest absolute Gasteiger partial charge is 0.222 e. The summed E-state index contributed by atoms with van der Waals surface area (Å²) < 4.78 is 10.8. The Balaban J connectivity index is 1.50. The maximum absolute atomic E-state index is 12.5. The molecule has 6 heteroatoms. The van der Waals surface area contributed by atoms with E-state index in [-0.39, 0.29) is 11.8 Å². The van der Waals surface area contributed by atoms with Crippen LogP contribution in [0, 0.1) is 6.92 Å². The zero-order valence-electron chi connectivity index (χ0n) is 14.2. The lowest BCUT2D eigenvalue weighted by atomic mass is 9.96. The highest BCUT2D eigenvalue weighted by molar-refractivity contribution is 5.76. The molecule has 1 aromatic carbocycles. The van der Waals surface area contributed by atoms with Crippen molar-refractivity contribution in [3.05, 3.63) is 41.6 Å². The molecule has 24 heavy (non-hydrogen) atoms. The van der Waals surface area contributed by atoms with Gasteiger partial charge in [0.25, 0.3) is 0 Å². The SMILES string of the molecule is COc1ccccc1CCC(=O)N1CCC(c2nnc(C)o2)CC1. The van der Waals surface area contributed by atoms with Crippen molar-refractivity contribution < 1.29 is 13.9 Å². The van der Waals surface area contributed by atoms with Gasteiger partial charge in [-0.15, -0.1) is 10.2 Å². The fraction of sp³-hybridized carbons (Fsp3) is 0.500. The number of benzene rings is 1. The van der Waals surface area contributed by atoms with Crippen LogP contribution in [0.1, 0.15) is 42.5 Å². The topological polar surface area (TPSA) is 68.5 Å². The minimum absolute atomic E-state index is 0.195. The van der Waals surface area contributed by atoms with E-state index in [0.717, 1.165) is 37.2 Å². The summed E-state index contributed by atoms with van der Waals surface area (Å²) in [5.74, 6) is 2.61. The fourth-order valence-electron chi connectivity index (χ4n) is 3.16. The van der Waals surface area contributed by atoms with E-state index in [1.807, 2.05) is 29.2 Å². The molecule has 1 aromatic heterocycles. The molecule has 0 radical (unpaired) electrons. The van der Waals surface area contributed by atoms with Crippen molar-refractivity contribution in [1.29, 1.82) is 0 Å². The molecular formula is C18H23N3O3. The molecule has 0 N–H and O–H groups in total. The second kappa shape index (κ2) is 7.47. The highest BCUT2D eigenvalue weighted by Gasteiger charge is 2.26. The van der Waals surface area contributed by atoms with E-state index >= 15 is 0 Å². The first-order chi connectivity index (χ1) is 11.7. The number of para-hydroxylation sites is 1. The molecule has 1 aliphatic rings. The molecular weight excluding hydrogens is 306 g/mol. The highest BCUT2D eigenvalue weighted by atomic mass is 16.5. The van der Waals surface area contributed by atoms with Gasteiger partial charge in [0.1, 0.15) is 5.75 Å². The number of ether oxygens (including phenoxy) is 1. The van der Waals surface area contributed by atoms with Crippen LogP contribution in [0.25, 0.3) is 0 Å². The quantitative estimate of drug-likeness (QED) is 0.843.